The molecule has 86 valence electrons. The Morgan fingerprint density at radius 3 is 2.53 bits per heavy atom. The van der Waals surface area contributed by atoms with Crippen LogP contribution in [0.2, 0.25) is 4.34 Å². The van der Waals surface area contributed by atoms with Gasteiger partial charge in [-0.3, -0.25) is 0 Å². The van der Waals surface area contributed by atoms with Crippen molar-refractivity contribution in [3.8, 4) is 0 Å². The first kappa shape index (κ1) is 13.0. The van der Waals surface area contributed by atoms with Gasteiger partial charge in [-0.25, -0.2) is 0 Å². The second kappa shape index (κ2) is 5.33. The highest BCUT2D eigenvalue weighted by molar-refractivity contribution is 7.16. The molecule has 1 aromatic rings. The first-order valence-electron chi connectivity index (χ1n) is 5.39. The van der Waals surface area contributed by atoms with Crippen molar-refractivity contribution >= 4 is 22.9 Å². The minimum atomic E-state index is 0.346. The summed E-state index contributed by atoms with van der Waals surface area (Å²) in [5, 5.41) is 0. The van der Waals surface area contributed by atoms with Crippen molar-refractivity contribution in [3.63, 3.8) is 0 Å². The molecule has 0 amide bonds. The largest absolute Gasteiger partial charge is 0.330 e. The normalized spacial score (nSPS) is 12.1. The van der Waals surface area contributed by atoms with Gasteiger partial charge in [-0.1, -0.05) is 25.4 Å². The monoisotopic (exact) mass is 245 g/mol. The van der Waals surface area contributed by atoms with Gasteiger partial charge in [0.25, 0.3) is 0 Å². The SMILES string of the molecule is Cc1cc(CCC(C)(C)CCN)sc1Cl. The van der Waals surface area contributed by atoms with E-state index in [0.29, 0.717) is 5.41 Å². The maximum Gasteiger partial charge on any atom is 0.0960 e. The second-order valence-electron chi connectivity index (χ2n) is 4.87. The Morgan fingerprint density at radius 1 is 1.40 bits per heavy atom. The molecular formula is C12H20ClNS. The molecule has 1 rings (SSSR count). The number of nitrogens with two attached hydrogens (primary N) is 1. The zero-order chi connectivity index (χ0) is 11.5. The molecule has 0 aliphatic heterocycles. The smallest absolute Gasteiger partial charge is 0.0960 e. The fraction of sp³-hybridized carbons (Fsp3) is 0.667. The standard InChI is InChI=1S/C12H20ClNS/c1-9-8-10(15-11(9)13)4-5-12(2,3)6-7-14/h8H,4-7,14H2,1-3H3. The highest BCUT2D eigenvalue weighted by Crippen LogP contribution is 2.31. The molecule has 0 aliphatic rings. The Bertz CT molecular complexity index is 298. The molecule has 0 radical (unpaired) electrons. The van der Waals surface area contributed by atoms with E-state index in [9.17, 15) is 0 Å². The lowest BCUT2D eigenvalue weighted by Gasteiger charge is -2.23. The summed E-state index contributed by atoms with van der Waals surface area (Å²) in [6, 6.07) is 2.20. The first-order valence-corrected chi connectivity index (χ1v) is 6.59. The maximum absolute atomic E-state index is 6.04. The van der Waals surface area contributed by atoms with Gasteiger partial charge in [0.1, 0.15) is 0 Å². The third kappa shape index (κ3) is 4.13. The number of rotatable bonds is 5. The van der Waals surface area contributed by atoms with E-state index in [1.54, 1.807) is 11.3 Å². The van der Waals surface area contributed by atoms with Crippen LogP contribution in [0.25, 0.3) is 0 Å². The molecule has 0 aliphatic carbocycles. The zero-order valence-corrected chi connectivity index (χ0v) is 11.3. The van der Waals surface area contributed by atoms with Gasteiger partial charge in [0.05, 0.1) is 4.34 Å². The van der Waals surface area contributed by atoms with E-state index in [1.807, 2.05) is 0 Å². The van der Waals surface area contributed by atoms with Crippen molar-refractivity contribution in [3.05, 3.63) is 20.8 Å². The molecule has 0 fully saturated rings. The van der Waals surface area contributed by atoms with Gasteiger partial charge in [0.2, 0.25) is 0 Å². The Labute approximate surface area is 102 Å². The molecule has 0 bridgehead atoms. The van der Waals surface area contributed by atoms with E-state index >= 15 is 0 Å². The summed E-state index contributed by atoms with van der Waals surface area (Å²) >= 11 is 7.75. The van der Waals surface area contributed by atoms with Crippen molar-refractivity contribution in [1.29, 1.82) is 0 Å². The molecule has 2 N–H and O–H groups in total. The van der Waals surface area contributed by atoms with Crippen molar-refractivity contribution in [2.75, 3.05) is 6.54 Å². The average Bonchev–Trinajstić information content (AvgIpc) is 2.44. The van der Waals surface area contributed by atoms with E-state index < -0.39 is 0 Å². The van der Waals surface area contributed by atoms with Crippen molar-refractivity contribution in [2.24, 2.45) is 11.1 Å². The summed E-state index contributed by atoms with van der Waals surface area (Å²) in [6.45, 7) is 7.40. The van der Waals surface area contributed by atoms with Crippen LogP contribution in [0.1, 0.15) is 37.1 Å². The van der Waals surface area contributed by atoms with Crippen LogP contribution in [0.5, 0.6) is 0 Å². The Hall–Kier alpha value is -0.0500. The fourth-order valence-electron chi connectivity index (χ4n) is 1.62. The van der Waals surface area contributed by atoms with E-state index in [-0.39, 0.29) is 0 Å². The van der Waals surface area contributed by atoms with Gasteiger partial charge >= 0.3 is 0 Å². The quantitative estimate of drug-likeness (QED) is 0.833. The molecule has 0 saturated heterocycles. The lowest BCUT2D eigenvalue weighted by molar-refractivity contribution is 0.314. The maximum atomic E-state index is 6.04. The van der Waals surface area contributed by atoms with Gasteiger partial charge < -0.3 is 5.73 Å². The third-order valence-electron chi connectivity index (χ3n) is 2.78. The summed E-state index contributed by atoms with van der Waals surface area (Å²) in [6.07, 6.45) is 3.39. The summed E-state index contributed by atoms with van der Waals surface area (Å²) in [7, 11) is 0. The van der Waals surface area contributed by atoms with Crippen molar-refractivity contribution < 1.29 is 0 Å². The van der Waals surface area contributed by atoms with E-state index in [4.69, 9.17) is 17.3 Å². The van der Waals surface area contributed by atoms with Gasteiger partial charge in [0, 0.05) is 4.88 Å². The molecule has 15 heavy (non-hydrogen) atoms. The Morgan fingerprint density at radius 2 is 2.07 bits per heavy atom. The molecule has 1 aromatic heterocycles. The number of halogens is 1. The van der Waals surface area contributed by atoms with Crippen LogP contribution >= 0.6 is 22.9 Å². The fourth-order valence-corrected chi connectivity index (χ4v) is 2.87. The zero-order valence-electron chi connectivity index (χ0n) is 9.77. The van der Waals surface area contributed by atoms with E-state index in [1.165, 1.54) is 16.9 Å². The summed E-state index contributed by atoms with van der Waals surface area (Å²) in [4.78, 5) is 1.39. The Kier molecular flexibility index (Phi) is 4.63. The third-order valence-corrected chi connectivity index (χ3v) is 4.39. The summed E-state index contributed by atoms with van der Waals surface area (Å²) in [5.41, 5.74) is 7.14. The van der Waals surface area contributed by atoms with Crippen LogP contribution in [0.15, 0.2) is 6.07 Å². The minimum absolute atomic E-state index is 0.346. The highest BCUT2D eigenvalue weighted by atomic mass is 35.5. The summed E-state index contributed by atoms with van der Waals surface area (Å²) < 4.78 is 0.932. The number of hydrogen-bond acceptors (Lipinski definition) is 2. The topological polar surface area (TPSA) is 26.0 Å². The van der Waals surface area contributed by atoms with Crippen LogP contribution in [-0.4, -0.2) is 6.54 Å². The van der Waals surface area contributed by atoms with Crippen molar-refractivity contribution in [2.45, 2.75) is 40.0 Å². The van der Waals surface area contributed by atoms with Gasteiger partial charge in [0.15, 0.2) is 0 Å². The predicted molar refractivity (Wildman–Crippen MR) is 69.8 cm³/mol. The molecule has 0 aromatic carbocycles. The molecule has 0 atom stereocenters. The molecule has 1 heterocycles. The number of aryl methyl sites for hydroxylation is 2. The van der Waals surface area contributed by atoms with Crippen LogP contribution in [-0.2, 0) is 6.42 Å². The lowest BCUT2D eigenvalue weighted by Crippen LogP contribution is -2.17. The first-order chi connectivity index (χ1) is 6.94. The lowest BCUT2D eigenvalue weighted by atomic mass is 9.84. The molecular weight excluding hydrogens is 226 g/mol. The van der Waals surface area contributed by atoms with Crippen LogP contribution in [0.3, 0.4) is 0 Å². The van der Waals surface area contributed by atoms with Crippen LogP contribution < -0.4 is 5.73 Å². The highest BCUT2D eigenvalue weighted by Gasteiger charge is 2.17. The van der Waals surface area contributed by atoms with Gasteiger partial charge in [-0.15, -0.1) is 11.3 Å². The molecule has 0 spiro atoms. The second-order valence-corrected chi connectivity index (χ2v) is 6.61. The minimum Gasteiger partial charge on any atom is -0.330 e. The molecule has 0 unspecified atom stereocenters. The van der Waals surface area contributed by atoms with E-state index in [0.717, 1.165) is 23.7 Å². The van der Waals surface area contributed by atoms with E-state index in [2.05, 4.69) is 26.8 Å². The van der Waals surface area contributed by atoms with Gasteiger partial charge in [-0.2, -0.15) is 0 Å². The summed E-state index contributed by atoms with van der Waals surface area (Å²) in [5.74, 6) is 0. The molecule has 3 heteroatoms. The van der Waals surface area contributed by atoms with Crippen LogP contribution in [0.4, 0.5) is 0 Å². The van der Waals surface area contributed by atoms with Crippen LogP contribution in [0, 0.1) is 12.3 Å². The Balaban J connectivity index is 2.49. The number of thiophene rings is 1. The molecule has 1 nitrogen and oxygen atoms in total. The molecule has 0 saturated carbocycles. The number of hydrogen-bond donors (Lipinski definition) is 1. The predicted octanol–water partition coefficient (Wildman–Crippen LogP) is 4.02. The van der Waals surface area contributed by atoms with Crippen molar-refractivity contribution in [1.82, 2.24) is 0 Å². The average molecular weight is 246 g/mol. The van der Waals surface area contributed by atoms with Gasteiger partial charge in [-0.05, 0) is 49.8 Å².